The van der Waals surface area contributed by atoms with Gasteiger partial charge in [-0.15, -0.1) is 0 Å². The highest BCUT2D eigenvalue weighted by atomic mass is 16.5. The Balaban J connectivity index is 1.48. The molecule has 0 atom stereocenters. The molecule has 10 heteroatoms. The van der Waals surface area contributed by atoms with Gasteiger partial charge in [0.2, 0.25) is 5.91 Å². The zero-order valence-corrected chi connectivity index (χ0v) is 22.4. The van der Waals surface area contributed by atoms with Crippen molar-refractivity contribution in [3.05, 3.63) is 77.1 Å². The van der Waals surface area contributed by atoms with Gasteiger partial charge < -0.3 is 29.7 Å². The number of morpholine rings is 1. The van der Waals surface area contributed by atoms with Crippen molar-refractivity contribution in [3.63, 3.8) is 0 Å². The van der Waals surface area contributed by atoms with Crippen LogP contribution in [-0.2, 0) is 27.2 Å². The quantitative estimate of drug-likeness (QED) is 0.380. The molecule has 0 saturated carbocycles. The van der Waals surface area contributed by atoms with E-state index >= 15 is 0 Å². The normalized spacial score (nSPS) is 13.4. The number of benzene rings is 2. The van der Waals surface area contributed by atoms with Crippen LogP contribution in [0, 0.1) is 0 Å². The molecule has 0 aliphatic carbocycles. The molecule has 0 bridgehead atoms. The van der Waals surface area contributed by atoms with Gasteiger partial charge in [0.05, 0.1) is 26.7 Å². The van der Waals surface area contributed by atoms with E-state index in [0.717, 1.165) is 16.9 Å². The van der Waals surface area contributed by atoms with Gasteiger partial charge in [0.15, 0.2) is 0 Å². The smallest absolute Gasteiger partial charge is 0.308 e. The summed E-state index contributed by atoms with van der Waals surface area (Å²) in [6.45, 7) is 2.39. The van der Waals surface area contributed by atoms with Crippen LogP contribution in [-0.4, -0.2) is 74.5 Å². The molecular weight excluding hydrogens is 498 g/mol. The van der Waals surface area contributed by atoms with Gasteiger partial charge in [-0.25, -0.2) is 9.97 Å². The molecule has 0 radical (unpaired) electrons. The van der Waals surface area contributed by atoms with E-state index < -0.39 is 5.97 Å². The van der Waals surface area contributed by atoms with Crippen LogP contribution in [0.15, 0.2) is 54.6 Å². The van der Waals surface area contributed by atoms with Gasteiger partial charge in [0.25, 0.3) is 0 Å². The molecule has 10 nitrogen and oxygen atoms in total. The fourth-order valence-corrected chi connectivity index (χ4v) is 4.26. The predicted molar refractivity (Wildman–Crippen MR) is 151 cm³/mol. The van der Waals surface area contributed by atoms with Gasteiger partial charge >= 0.3 is 5.97 Å². The summed E-state index contributed by atoms with van der Waals surface area (Å²) in [7, 11) is 5.31. The number of carboxylic acid groups (broad SMARTS) is 1. The highest BCUT2D eigenvalue weighted by Gasteiger charge is 2.24. The molecule has 2 N–H and O–H groups in total. The summed E-state index contributed by atoms with van der Waals surface area (Å²) in [5.74, 6) is 1.42. The van der Waals surface area contributed by atoms with Crippen molar-refractivity contribution in [1.29, 1.82) is 0 Å². The number of nitrogens with one attached hydrogen (secondary N) is 1. The Kier molecular flexibility index (Phi) is 9.11. The van der Waals surface area contributed by atoms with Crippen LogP contribution in [0.4, 0.5) is 17.3 Å². The third-order valence-electron chi connectivity index (χ3n) is 6.20. The summed E-state index contributed by atoms with van der Waals surface area (Å²) in [6.07, 6.45) is 3.51. The van der Waals surface area contributed by atoms with Crippen molar-refractivity contribution in [1.82, 2.24) is 9.97 Å². The minimum absolute atomic E-state index is 0.165. The highest BCUT2D eigenvalue weighted by Crippen LogP contribution is 2.28. The fourth-order valence-electron chi connectivity index (χ4n) is 4.26. The molecule has 3 aromatic rings. The molecule has 204 valence electrons. The van der Waals surface area contributed by atoms with E-state index in [-0.39, 0.29) is 12.3 Å². The number of anilines is 3. The molecule has 4 rings (SSSR count). The second-order valence-electron chi connectivity index (χ2n) is 9.30. The molecule has 1 aromatic heterocycles. The van der Waals surface area contributed by atoms with Crippen molar-refractivity contribution >= 4 is 35.3 Å². The Labute approximate surface area is 227 Å². The van der Waals surface area contributed by atoms with E-state index in [1.54, 1.807) is 13.2 Å². The van der Waals surface area contributed by atoms with E-state index in [9.17, 15) is 14.7 Å². The zero-order chi connectivity index (χ0) is 27.8. The summed E-state index contributed by atoms with van der Waals surface area (Å²) < 4.78 is 10.6. The number of carbonyl (C=O) groups is 2. The van der Waals surface area contributed by atoms with Crippen molar-refractivity contribution in [2.45, 2.75) is 12.8 Å². The molecule has 1 amide bonds. The monoisotopic (exact) mass is 531 g/mol. The van der Waals surface area contributed by atoms with Crippen molar-refractivity contribution in [2.24, 2.45) is 0 Å². The molecule has 2 heterocycles. The Morgan fingerprint density at radius 2 is 1.77 bits per heavy atom. The lowest BCUT2D eigenvalue weighted by Gasteiger charge is -2.31. The Morgan fingerprint density at radius 3 is 2.38 bits per heavy atom. The van der Waals surface area contributed by atoms with Gasteiger partial charge in [0.1, 0.15) is 23.2 Å². The van der Waals surface area contributed by atoms with Gasteiger partial charge in [-0.2, -0.15) is 0 Å². The molecule has 1 fully saturated rings. The van der Waals surface area contributed by atoms with E-state index in [1.807, 2.05) is 67.5 Å². The van der Waals surface area contributed by atoms with Crippen molar-refractivity contribution in [3.8, 4) is 5.75 Å². The average molecular weight is 532 g/mol. The number of aromatic nitrogens is 2. The summed E-state index contributed by atoms with van der Waals surface area (Å²) in [6, 6.07) is 14.9. The third kappa shape index (κ3) is 7.55. The lowest BCUT2D eigenvalue weighted by Crippen LogP contribution is -2.38. The van der Waals surface area contributed by atoms with Crippen LogP contribution < -0.4 is 19.9 Å². The lowest BCUT2D eigenvalue weighted by atomic mass is 10.1. The summed E-state index contributed by atoms with van der Waals surface area (Å²) in [5.41, 5.74) is 3.12. The molecule has 2 aromatic carbocycles. The largest absolute Gasteiger partial charge is 0.497 e. The second kappa shape index (κ2) is 12.9. The maximum Gasteiger partial charge on any atom is 0.308 e. The minimum Gasteiger partial charge on any atom is -0.497 e. The fraction of sp³-hybridized carbons (Fsp3) is 0.310. The SMILES string of the molecule is COc1ccc(C=CC(=O)Nc2ccc(Cc3nc(N(C)C)c(CC(=O)O)c(N4CCOCC4)n3)cc2)cc1. The molecule has 1 aliphatic rings. The first-order valence-corrected chi connectivity index (χ1v) is 12.7. The maximum absolute atomic E-state index is 12.4. The number of aliphatic carboxylic acids is 1. The van der Waals surface area contributed by atoms with E-state index in [1.165, 1.54) is 6.08 Å². The number of carbonyl (C=O) groups excluding carboxylic acids is 1. The second-order valence-corrected chi connectivity index (χ2v) is 9.30. The molecule has 0 spiro atoms. The van der Waals surface area contributed by atoms with Crippen LogP contribution >= 0.6 is 0 Å². The first-order chi connectivity index (χ1) is 18.8. The average Bonchev–Trinajstić information content (AvgIpc) is 2.94. The summed E-state index contributed by atoms with van der Waals surface area (Å²) in [5, 5.41) is 12.4. The van der Waals surface area contributed by atoms with Gasteiger partial charge in [0, 0.05) is 50.9 Å². The third-order valence-corrected chi connectivity index (χ3v) is 6.20. The number of rotatable bonds is 10. The van der Waals surface area contributed by atoms with E-state index in [2.05, 4.69) is 10.2 Å². The lowest BCUT2D eigenvalue weighted by molar-refractivity contribution is -0.136. The van der Waals surface area contributed by atoms with Gasteiger partial charge in [-0.3, -0.25) is 9.59 Å². The van der Waals surface area contributed by atoms with E-state index in [4.69, 9.17) is 19.4 Å². The van der Waals surface area contributed by atoms with Crippen molar-refractivity contribution in [2.75, 3.05) is 62.6 Å². The van der Waals surface area contributed by atoms with Crippen LogP contribution in [0.2, 0.25) is 0 Å². The van der Waals surface area contributed by atoms with Crippen LogP contribution in [0.25, 0.3) is 6.08 Å². The molecule has 0 unspecified atom stereocenters. The maximum atomic E-state index is 12.4. The number of hydrogen-bond acceptors (Lipinski definition) is 8. The number of methoxy groups -OCH3 is 1. The molecule has 1 saturated heterocycles. The number of carboxylic acids is 1. The summed E-state index contributed by atoms with van der Waals surface area (Å²) >= 11 is 0. The number of ether oxygens (including phenoxy) is 2. The number of amides is 1. The van der Waals surface area contributed by atoms with Crippen LogP contribution in [0.5, 0.6) is 5.75 Å². The Hall–Kier alpha value is -4.44. The summed E-state index contributed by atoms with van der Waals surface area (Å²) in [4.78, 5) is 37.4. The molecular formula is C29H33N5O5. The molecule has 39 heavy (non-hydrogen) atoms. The molecule has 1 aliphatic heterocycles. The van der Waals surface area contributed by atoms with Crippen LogP contribution in [0.1, 0.15) is 22.5 Å². The van der Waals surface area contributed by atoms with E-state index in [0.29, 0.717) is 61.4 Å². The highest BCUT2D eigenvalue weighted by molar-refractivity contribution is 6.01. The Bertz CT molecular complexity index is 1320. The predicted octanol–water partition coefficient (Wildman–Crippen LogP) is 3.26. The zero-order valence-electron chi connectivity index (χ0n) is 22.4. The standard InChI is InChI=1S/C29H33N5O5/c1-33(2)28-24(19-27(36)37)29(34-14-16-39-17-15-34)32-25(31-28)18-21-4-9-22(10-5-21)30-26(35)13-8-20-6-11-23(38-3)12-7-20/h4-13H,14-19H2,1-3H3,(H,30,35)(H,36,37). The number of nitrogens with zero attached hydrogens (tertiary/aromatic N) is 4. The first kappa shape index (κ1) is 27.6. The topological polar surface area (TPSA) is 117 Å². The first-order valence-electron chi connectivity index (χ1n) is 12.7. The minimum atomic E-state index is -0.930. The number of hydrogen-bond donors (Lipinski definition) is 2. The van der Waals surface area contributed by atoms with Crippen LogP contribution in [0.3, 0.4) is 0 Å². The Morgan fingerprint density at radius 1 is 1.08 bits per heavy atom. The van der Waals surface area contributed by atoms with Gasteiger partial charge in [-0.05, 0) is 41.5 Å². The van der Waals surface area contributed by atoms with Crippen molar-refractivity contribution < 1.29 is 24.2 Å². The van der Waals surface area contributed by atoms with Gasteiger partial charge in [-0.1, -0.05) is 24.3 Å².